The monoisotopic (exact) mass is 324 g/mol. The molecule has 0 unspecified atom stereocenters. The molecule has 6 heteroatoms. The Hall–Kier alpha value is -2.65. The van der Waals surface area contributed by atoms with Crippen molar-refractivity contribution in [2.24, 2.45) is 0 Å². The van der Waals surface area contributed by atoms with Crippen LogP contribution in [-0.4, -0.2) is 19.1 Å². The smallest absolute Gasteiger partial charge is 0.321 e. The van der Waals surface area contributed by atoms with Crippen LogP contribution in [-0.2, 0) is 6.42 Å². The van der Waals surface area contributed by atoms with Gasteiger partial charge in [0.15, 0.2) is 0 Å². The minimum absolute atomic E-state index is 0.0408. The number of carbonyl (C=O) groups excluding carboxylic acids is 1. The fourth-order valence-electron chi connectivity index (χ4n) is 2.31. The predicted molar refractivity (Wildman–Crippen MR) is 92.4 cm³/mol. The van der Waals surface area contributed by atoms with E-state index in [9.17, 15) is 4.79 Å². The molecule has 1 heterocycles. The van der Waals surface area contributed by atoms with E-state index in [1.807, 2.05) is 48.5 Å². The number of urea groups is 1. The minimum Gasteiger partial charge on any atom is -0.336 e. The lowest BCUT2D eigenvalue weighted by atomic mass is 10.1. The molecule has 0 aliphatic carbocycles. The normalized spacial score (nSPS) is 13.5. The number of anilines is 2. The maximum absolute atomic E-state index is 11.6. The van der Waals surface area contributed by atoms with Crippen LogP contribution >= 0.6 is 11.9 Å². The maximum atomic E-state index is 11.6. The standard InChI is InChI=1S/C17H16N4OS/c18-10-9-13-1-3-14(4-2-13)20-23-16-7-5-15(6-8-16)21-12-11-19-17(21)22/h1-8,20H,9,11-12H2,(H,19,22). The van der Waals surface area contributed by atoms with E-state index < -0.39 is 0 Å². The third-order valence-corrected chi connectivity index (χ3v) is 4.37. The lowest BCUT2D eigenvalue weighted by Gasteiger charge is -2.14. The Kier molecular flexibility index (Phi) is 4.69. The minimum atomic E-state index is -0.0408. The second kappa shape index (κ2) is 7.07. The summed E-state index contributed by atoms with van der Waals surface area (Å²) in [5, 5.41) is 11.5. The molecule has 0 saturated carbocycles. The fourth-order valence-corrected chi connectivity index (χ4v) is 2.96. The number of benzene rings is 2. The van der Waals surface area contributed by atoms with Gasteiger partial charge in [0, 0.05) is 29.4 Å². The average molecular weight is 324 g/mol. The molecule has 2 aromatic rings. The van der Waals surface area contributed by atoms with Gasteiger partial charge in [-0.05, 0) is 53.9 Å². The van der Waals surface area contributed by atoms with Crippen molar-refractivity contribution in [2.75, 3.05) is 22.7 Å². The zero-order chi connectivity index (χ0) is 16.1. The highest BCUT2D eigenvalue weighted by atomic mass is 32.2. The van der Waals surface area contributed by atoms with Crippen molar-refractivity contribution in [2.45, 2.75) is 11.3 Å². The molecule has 0 radical (unpaired) electrons. The van der Waals surface area contributed by atoms with Crippen LogP contribution in [0, 0.1) is 11.3 Å². The molecule has 2 N–H and O–H groups in total. The molecule has 1 aliphatic heterocycles. The summed E-state index contributed by atoms with van der Waals surface area (Å²) < 4.78 is 3.27. The molecule has 5 nitrogen and oxygen atoms in total. The van der Waals surface area contributed by atoms with Crippen LogP contribution in [0.1, 0.15) is 5.56 Å². The Morgan fingerprint density at radius 1 is 1.17 bits per heavy atom. The van der Waals surface area contributed by atoms with Crippen LogP contribution in [0.15, 0.2) is 53.4 Å². The summed E-state index contributed by atoms with van der Waals surface area (Å²) in [5.41, 5.74) is 2.90. The predicted octanol–water partition coefficient (Wildman–Crippen LogP) is 3.40. The Bertz CT molecular complexity index is 722. The summed E-state index contributed by atoms with van der Waals surface area (Å²) in [4.78, 5) is 14.4. The highest BCUT2D eigenvalue weighted by molar-refractivity contribution is 8.00. The summed E-state index contributed by atoms with van der Waals surface area (Å²) in [6.07, 6.45) is 0.430. The first-order valence-corrected chi connectivity index (χ1v) is 8.12. The number of carbonyl (C=O) groups is 1. The third-order valence-electron chi connectivity index (χ3n) is 3.53. The van der Waals surface area contributed by atoms with E-state index in [1.165, 1.54) is 11.9 Å². The molecular formula is C17H16N4OS. The molecule has 1 fully saturated rings. The van der Waals surface area contributed by atoms with Gasteiger partial charge < -0.3 is 10.0 Å². The highest BCUT2D eigenvalue weighted by Crippen LogP contribution is 2.25. The van der Waals surface area contributed by atoms with Crippen LogP contribution in [0.2, 0.25) is 0 Å². The molecule has 2 amide bonds. The van der Waals surface area contributed by atoms with Gasteiger partial charge in [-0.3, -0.25) is 4.90 Å². The van der Waals surface area contributed by atoms with Crippen molar-refractivity contribution in [3.05, 3.63) is 54.1 Å². The molecule has 116 valence electrons. The van der Waals surface area contributed by atoms with Crippen LogP contribution < -0.4 is 14.9 Å². The van der Waals surface area contributed by atoms with E-state index in [0.717, 1.165) is 21.8 Å². The first-order valence-electron chi connectivity index (χ1n) is 7.30. The largest absolute Gasteiger partial charge is 0.336 e. The second-order valence-electron chi connectivity index (χ2n) is 5.11. The van der Waals surface area contributed by atoms with Gasteiger partial charge in [-0.15, -0.1) is 0 Å². The Labute approximate surface area is 139 Å². The van der Waals surface area contributed by atoms with E-state index in [2.05, 4.69) is 16.1 Å². The summed E-state index contributed by atoms with van der Waals surface area (Å²) in [7, 11) is 0. The quantitative estimate of drug-likeness (QED) is 0.827. The van der Waals surface area contributed by atoms with Crippen LogP contribution in [0.3, 0.4) is 0 Å². The van der Waals surface area contributed by atoms with Gasteiger partial charge in [-0.1, -0.05) is 12.1 Å². The molecule has 0 atom stereocenters. The average Bonchev–Trinajstić information content (AvgIpc) is 3.01. The number of nitrogens with one attached hydrogen (secondary N) is 2. The molecule has 3 rings (SSSR count). The van der Waals surface area contributed by atoms with Crippen molar-refractivity contribution < 1.29 is 4.79 Å². The third kappa shape index (κ3) is 3.76. The Balaban J connectivity index is 1.58. The zero-order valence-electron chi connectivity index (χ0n) is 12.5. The van der Waals surface area contributed by atoms with Crippen molar-refractivity contribution in [3.8, 4) is 6.07 Å². The number of amides is 2. The number of hydrogen-bond acceptors (Lipinski definition) is 4. The molecular weight excluding hydrogens is 308 g/mol. The van der Waals surface area contributed by atoms with Crippen molar-refractivity contribution in [1.82, 2.24) is 5.32 Å². The number of nitrogens with zero attached hydrogens (tertiary/aromatic N) is 2. The van der Waals surface area contributed by atoms with Gasteiger partial charge in [-0.25, -0.2) is 4.79 Å². The molecule has 2 aromatic carbocycles. The summed E-state index contributed by atoms with van der Waals surface area (Å²) in [6.45, 7) is 1.40. The molecule has 0 bridgehead atoms. The SMILES string of the molecule is N#CCc1ccc(NSc2ccc(N3CCNC3=O)cc2)cc1. The van der Waals surface area contributed by atoms with Gasteiger partial charge in [0.05, 0.1) is 12.5 Å². The first-order chi connectivity index (χ1) is 11.3. The molecule has 23 heavy (non-hydrogen) atoms. The van der Waals surface area contributed by atoms with Crippen molar-refractivity contribution in [3.63, 3.8) is 0 Å². The number of hydrogen-bond donors (Lipinski definition) is 2. The topological polar surface area (TPSA) is 68.2 Å². The Morgan fingerprint density at radius 2 is 1.91 bits per heavy atom. The summed E-state index contributed by atoms with van der Waals surface area (Å²) >= 11 is 1.51. The van der Waals surface area contributed by atoms with Crippen LogP contribution in [0.4, 0.5) is 16.2 Å². The summed E-state index contributed by atoms with van der Waals surface area (Å²) in [5.74, 6) is 0. The number of nitriles is 1. The zero-order valence-corrected chi connectivity index (χ0v) is 13.3. The number of rotatable bonds is 5. The maximum Gasteiger partial charge on any atom is 0.321 e. The van der Waals surface area contributed by atoms with E-state index in [4.69, 9.17) is 5.26 Å². The first kappa shape index (κ1) is 15.3. The van der Waals surface area contributed by atoms with Crippen molar-refractivity contribution >= 4 is 29.4 Å². The van der Waals surface area contributed by atoms with Gasteiger partial charge in [0.2, 0.25) is 0 Å². The molecule has 1 saturated heterocycles. The van der Waals surface area contributed by atoms with E-state index in [0.29, 0.717) is 19.5 Å². The lowest BCUT2D eigenvalue weighted by Crippen LogP contribution is -2.27. The summed E-state index contributed by atoms with van der Waals surface area (Å²) in [6, 6.07) is 17.8. The van der Waals surface area contributed by atoms with E-state index >= 15 is 0 Å². The van der Waals surface area contributed by atoms with E-state index in [-0.39, 0.29) is 6.03 Å². The van der Waals surface area contributed by atoms with Crippen LogP contribution in [0.5, 0.6) is 0 Å². The lowest BCUT2D eigenvalue weighted by molar-refractivity contribution is 0.252. The van der Waals surface area contributed by atoms with Gasteiger partial charge in [0.25, 0.3) is 0 Å². The molecule has 1 aliphatic rings. The molecule has 0 aromatic heterocycles. The van der Waals surface area contributed by atoms with Gasteiger partial charge in [0.1, 0.15) is 0 Å². The fraction of sp³-hybridized carbons (Fsp3) is 0.176. The van der Waals surface area contributed by atoms with E-state index in [1.54, 1.807) is 4.90 Å². The van der Waals surface area contributed by atoms with Crippen LogP contribution in [0.25, 0.3) is 0 Å². The van der Waals surface area contributed by atoms with Gasteiger partial charge in [-0.2, -0.15) is 5.26 Å². The van der Waals surface area contributed by atoms with Gasteiger partial charge >= 0.3 is 6.03 Å². The second-order valence-corrected chi connectivity index (χ2v) is 5.99. The van der Waals surface area contributed by atoms with Crippen molar-refractivity contribution in [1.29, 1.82) is 5.26 Å². The molecule has 0 spiro atoms. The Morgan fingerprint density at radius 3 is 2.52 bits per heavy atom. The highest BCUT2D eigenvalue weighted by Gasteiger charge is 2.20.